The average Bonchev–Trinajstić information content (AvgIpc) is 3.03. The van der Waals surface area contributed by atoms with Crippen LogP contribution in [-0.4, -0.2) is 5.11 Å². The maximum absolute atomic E-state index is 9.99. The van der Waals surface area contributed by atoms with Crippen molar-refractivity contribution in [3.63, 3.8) is 0 Å². The maximum atomic E-state index is 9.99. The number of hydrogen-bond acceptors (Lipinski definition) is 1. The third-order valence-electron chi connectivity index (χ3n) is 5.36. The van der Waals surface area contributed by atoms with Crippen LogP contribution in [0.2, 0.25) is 0 Å². The van der Waals surface area contributed by atoms with Crippen LogP contribution < -0.4 is 24.8 Å². The smallest absolute Gasteiger partial charge is 1.00 e. The SMILES string of the molecule is CC1=C(C)C(C)=C(c2[c-]cccc2)C1.OC(c1ccccc1)c1ccccc1.[Cl-].[Cl-].[Ti+3]. The van der Waals surface area contributed by atoms with E-state index in [1.54, 1.807) is 0 Å². The summed E-state index contributed by atoms with van der Waals surface area (Å²) in [7, 11) is 0. The Morgan fingerprint density at radius 1 is 0.710 bits per heavy atom. The van der Waals surface area contributed by atoms with E-state index in [2.05, 4.69) is 39.0 Å². The van der Waals surface area contributed by atoms with Gasteiger partial charge >= 0.3 is 21.7 Å². The van der Waals surface area contributed by atoms with Crippen molar-refractivity contribution >= 4 is 5.57 Å². The van der Waals surface area contributed by atoms with Gasteiger partial charge in [0.05, 0.1) is 0 Å². The number of aliphatic hydroxyl groups is 1. The molecule has 1 aliphatic carbocycles. The summed E-state index contributed by atoms with van der Waals surface area (Å²) < 4.78 is 0. The molecular weight excluding hydrogens is 459 g/mol. The van der Waals surface area contributed by atoms with Crippen LogP contribution in [0, 0.1) is 6.07 Å². The van der Waals surface area contributed by atoms with Gasteiger partial charge in [-0.3, -0.25) is 0 Å². The largest absolute Gasteiger partial charge is 3.00 e. The van der Waals surface area contributed by atoms with Crippen LogP contribution >= 0.6 is 0 Å². The molecule has 0 spiro atoms. The number of rotatable bonds is 3. The van der Waals surface area contributed by atoms with Gasteiger partial charge in [0.1, 0.15) is 6.10 Å². The van der Waals surface area contributed by atoms with Crippen LogP contribution in [0.4, 0.5) is 0 Å². The Balaban J connectivity index is 0.000000529. The third kappa shape index (κ3) is 7.79. The van der Waals surface area contributed by atoms with Gasteiger partial charge in [0.15, 0.2) is 0 Å². The molecule has 1 nitrogen and oxygen atoms in total. The Morgan fingerprint density at radius 3 is 1.58 bits per heavy atom. The van der Waals surface area contributed by atoms with Crippen molar-refractivity contribution in [2.45, 2.75) is 33.3 Å². The van der Waals surface area contributed by atoms with Gasteiger partial charge in [0.2, 0.25) is 0 Å². The fourth-order valence-corrected chi connectivity index (χ4v) is 3.42. The monoisotopic (exact) mass is 485 g/mol. The van der Waals surface area contributed by atoms with Crippen molar-refractivity contribution in [3.05, 3.63) is 124 Å². The van der Waals surface area contributed by atoms with E-state index >= 15 is 0 Å². The predicted octanol–water partition coefficient (Wildman–Crippen LogP) is 0.774. The molecule has 0 unspecified atom stereocenters. The zero-order chi connectivity index (χ0) is 19.9. The van der Waals surface area contributed by atoms with E-state index in [0.717, 1.165) is 17.5 Å². The first kappa shape index (κ1) is 29.4. The van der Waals surface area contributed by atoms with E-state index in [9.17, 15) is 5.11 Å². The first-order chi connectivity index (χ1) is 13.6. The van der Waals surface area contributed by atoms with Gasteiger partial charge in [-0.25, -0.2) is 0 Å². The number of aliphatic hydroxyl groups excluding tert-OH is 1. The van der Waals surface area contributed by atoms with Crippen molar-refractivity contribution in [2.75, 3.05) is 0 Å². The molecule has 0 bridgehead atoms. The molecule has 3 aromatic carbocycles. The fraction of sp³-hybridized carbons (Fsp3) is 0.185. The van der Waals surface area contributed by atoms with Crippen LogP contribution in [0.15, 0.2) is 102 Å². The maximum Gasteiger partial charge on any atom is 3.00 e. The second-order valence-corrected chi connectivity index (χ2v) is 7.19. The molecular formula is C27H27Cl2OTi. The number of halogens is 2. The van der Waals surface area contributed by atoms with Crippen LogP contribution in [0.5, 0.6) is 0 Å². The molecule has 4 rings (SSSR count). The minimum Gasteiger partial charge on any atom is -1.00 e. The van der Waals surface area contributed by atoms with E-state index in [1.807, 2.05) is 72.8 Å². The molecule has 4 heteroatoms. The first-order valence-corrected chi connectivity index (χ1v) is 9.69. The van der Waals surface area contributed by atoms with Crippen molar-refractivity contribution in [1.82, 2.24) is 0 Å². The molecule has 0 saturated carbocycles. The number of allylic oxidation sites excluding steroid dienone is 4. The molecule has 31 heavy (non-hydrogen) atoms. The number of benzene rings is 3. The molecule has 0 amide bonds. The van der Waals surface area contributed by atoms with Gasteiger partial charge in [-0.2, -0.15) is 0 Å². The van der Waals surface area contributed by atoms with Crippen LogP contribution in [0.1, 0.15) is 50.0 Å². The van der Waals surface area contributed by atoms with E-state index in [4.69, 9.17) is 0 Å². The van der Waals surface area contributed by atoms with Gasteiger partial charge < -0.3 is 29.9 Å². The summed E-state index contributed by atoms with van der Waals surface area (Å²) in [6.45, 7) is 6.64. The molecule has 159 valence electrons. The third-order valence-corrected chi connectivity index (χ3v) is 5.36. The minimum atomic E-state index is -0.516. The summed E-state index contributed by atoms with van der Waals surface area (Å²) >= 11 is 0. The molecule has 0 aliphatic heterocycles. The fourth-order valence-electron chi connectivity index (χ4n) is 3.42. The molecule has 0 saturated heterocycles. The van der Waals surface area contributed by atoms with Gasteiger partial charge in [-0.15, -0.1) is 41.5 Å². The Hall–Kier alpha value is -1.61. The van der Waals surface area contributed by atoms with Crippen molar-refractivity contribution in [2.24, 2.45) is 0 Å². The van der Waals surface area contributed by atoms with Gasteiger partial charge in [-0.1, -0.05) is 77.4 Å². The summed E-state index contributed by atoms with van der Waals surface area (Å²) in [5.41, 5.74) is 8.94. The molecule has 1 aliphatic rings. The molecule has 3 aromatic rings. The Bertz CT molecular complexity index is 928. The van der Waals surface area contributed by atoms with E-state index in [-0.39, 0.29) is 46.5 Å². The Morgan fingerprint density at radius 2 is 1.19 bits per heavy atom. The quantitative estimate of drug-likeness (QED) is 0.429. The van der Waals surface area contributed by atoms with Crippen molar-refractivity contribution < 1.29 is 51.6 Å². The van der Waals surface area contributed by atoms with E-state index in [0.29, 0.717) is 0 Å². The minimum absolute atomic E-state index is 0. The molecule has 0 heterocycles. The standard InChI is InChI=1S/C14H15.C13H12O.2ClH.Ti/c1-10-9-14(12(3)11(10)2)13-7-5-4-6-8-13;14-13(11-7-3-1-4-8-11)12-9-5-2-6-10-12;;;/h4-7H,9H2,1-3H3;1-10,13-14H;2*1H;/q-1;;;;+3/p-2. The van der Waals surface area contributed by atoms with Gasteiger partial charge in [-0.05, 0) is 38.3 Å². The van der Waals surface area contributed by atoms with Crippen molar-refractivity contribution in [1.29, 1.82) is 0 Å². The summed E-state index contributed by atoms with van der Waals surface area (Å²) in [5.74, 6) is 0. The number of hydrogen-bond donors (Lipinski definition) is 1. The Kier molecular flexibility index (Phi) is 13.7. The van der Waals surface area contributed by atoms with Crippen LogP contribution in [-0.2, 0) is 21.7 Å². The van der Waals surface area contributed by atoms with Gasteiger partial charge in [0.25, 0.3) is 0 Å². The van der Waals surface area contributed by atoms with Crippen LogP contribution in [0.25, 0.3) is 5.57 Å². The van der Waals surface area contributed by atoms with Crippen LogP contribution in [0.3, 0.4) is 0 Å². The molecule has 0 aromatic heterocycles. The normalized spacial score (nSPS) is 12.3. The predicted molar refractivity (Wildman–Crippen MR) is 118 cm³/mol. The van der Waals surface area contributed by atoms with E-state index in [1.165, 1.54) is 27.9 Å². The second kappa shape index (κ2) is 14.5. The molecule has 0 atom stereocenters. The average molecular weight is 486 g/mol. The Labute approximate surface area is 214 Å². The zero-order valence-corrected chi connectivity index (χ0v) is 21.1. The first-order valence-electron chi connectivity index (χ1n) is 9.69. The van der Waals surface area contributed by atoms with Gasteiger partial charge in [0, 0.05) is 0 Å². The molecule has 1 radical (unpaired) electrons. The second-order valence-electron chi connectivity index (χ2n) is 7.19. The molecule has 0 fully saturated rings. The summed E-state index contributed by atoms with van der Waals surface area (Å²) in [6, 6.07) is 30.9. The topological polar surface area (TPSA) is 20.2 Å². The van der Waals surface area contributed by atoms with Crippen molar-refractivity contribution in [3.8, 4) is 0 Å². The summed E-state index contributed by atoms with van der Waals surface area (Å²) in [6.07, 6.45) is 0.579. The van der Waals surface area contributed by atoms with E-state index < -0.39 is 6.10 Å². The summed E-state index contributed by atoms with van der Waals surface area (Å²) in [4.78, 5) is 0. The molecule has 1 N–H and O–H groups in total. The zero-order valence-electron chi connectivity index (χ0n) is 18.1. The summed E-state index contributed by atoms with van der Waals surface area (Å²) in [5, 5.41) is 9.99.